The lowest BCUT2D eigenvalue weighted by atomic mass is 10.0. The van der Waals surface area contributed by atoms with Gasteiger partial charge in [0.15, 0.2) is 11.0 Å². The zero-order chi connectivity index (χ0) is 28.8. The number of amides is 1. The number of hydrogen-bond donors (Lipinski definition) is 1. The maximum atomic E-state index is 13.4. The SMILES string of the molecule is Cc1ccc(C(=O)NC(Cc2ccccc2)c2nnc(SCc3cccc(C)c3)n2-c2ccc([N+](=O)[O-])cc2)cc1. The average molecular weight is 564 g/mol. The molecule has 1 aromatic heterocycles. The van der Waals surface area contributed by atoms with E-state index >= 15 is 0 Å². The molecule has 9 heteroatoms. The lowest BCUT2D eigenvalue weighted by Gasteiger charge is -2.20. The number of thioether (sulfide) groups is 1. The van der Waals surface area contributed by atoms with Gasteiger partial charge in [-0.1, -0.05) is 89.6 Å². The molecule has 4 aromatic carbocycles. The highest BCUT2D eigenvalue weighted by Crippen LogP contribution is 2.30. The molecule has 1 unspecified atom stereocenters. The Morgan fingerprint density at radius 1 is 0.878 bits per heavy atom. The van der Waals surface area contributed by atoms with Crippen LogP contribution in [0.25, 0.3) is 5.69 Å². The third-order valence-corrected chi connectivity index (χ3v) is 7.64. The van der Waals surface area contributed by atoms with Crippen molar-refractivity contribution in [3.8, 4) is 5.69 Å². The van der Waals surface area contributed by atoms with Crippen molar-refractivity contribution in [1.82, 2.24) is 20.1 Å². The molecular weight excluding hydrogens is 534 g/mol. The predicted octanol–water partition coefficient (Wildman–Crippen LogP) is 6.80. The third-order valence-electron chi connectivity index (χ3n) is 6.64. The number of aryl methyl sites for hydroxylation is 2. The van der Waals surface area contributed by atoms with E-state index in [9.17, 15) is 14.9 Å². The van der Waals surface area contributed by atoms with Gasteiger partial charge in [0.05, 0.1) is 11.0 Å². The molecule has 1 amide bonds. The molecule has 1 N–H and O–H groups in total. The summed E-state index contributed by atoms with van der Waals surface area (Å²) in [4.78, 5) is 24.3. The van der Waals surface area contributed by atoms with Gasteiger partial charge in [0, 0.05) is 29.1 Å². The summed E-state index contributed by atoms with van der Waals surface area (Å²) in [6.45, 7) is 4.03. The number of nitrogens with zero attached hydrogens (tertiary/aromatic N) is 4. The van der Waals surface area contributed by atoms with Crippen molar-refractivity contribution in [3.05, 3.63) is 147 Å². The van der Waals surface area contributed by atoms with E-state index in [4.69, 9.17) is 0 Å². The Bertz CT molecular complexity index is 1650. The van der Waals surface area contributed by atoms with E-state index in [0.717, 1.165) is 16.7 Å². The zero-order valence-electron chi connectivity index (χ0n) is 22.7. The number of benzene rings is 4. The van der Waals surface area contributed by atoms with E-state index in [2.05, 4.69) is 40.6 Å². The molecule has 0 fully saturated rings. The van der Waals surface area contributed by atoms with Crippen molar-refractivity contribution >= 4 is 23.4 Å². The fraction of sp³-hybridized carbons (Fsp3) is 0.156. The fourth-order valence-electron chi connectivity index (χ4n) is 4.52. The Hall–Kier alpha value is -4.76. The van der Waals surface area contributed by atoms with Crippen LogP contribution in [0.5, 0.6) is 0 Å². The van der Waals surface area contributed by atoms with Crippen molar-refractivity contribution < 1.29 is 9.72 Å². The van der Waals surface area contributed by atoms with Gasteiger partial charge in [0.2, 0.25) is 0 Å². The number of rotatable bonds is 10. The van der Waals surface area contributed by atoms with Crippen LogP contribution in [-0.4, -0.2) is 25.6 Å². The van der Waals surface area contributed by atoms with Crippen LogP contribution in [0.3, 0.4) is 0 Å². The van der Waals surface area contributed by atoms with Crippen LogP contribution in [0.4, 0.5) is 5.69 Å². The van der Waals surface area contributed by atoms with E-state index in [-0.39, 0.29) is 11.6 Å². The van der Waals surface area contributed by atoms with Crippen LogP contribution < -0.4 is 5.32 Å². The summed E-state index contributed by atoms with van der Waals surface area (Å²) >= 11 is 1.52. The topological polar surface area (TPSA) is 103 Å². The first-order chi connectivity index (χ1) is 19.9. The second-order valence-electron chi connectivity index (χ2n) is 9.81. The molecule has 1 atom stereocenters. The molecule has 0 saturated heterocycles. The first-order valence-electron chi connectivity index (χ1n) is 13.2. The lowest BCUT2D eigenvalue weighted by molar-refractivity contribution is -0.384. The van der Waals surface area contributed by atoms with Gasteiger partial charge in [0.25, 0.3) is 11.6 Å². The van der Waals surface area contributed by atoms with Crippen molar-refractivity contribution in [1.29, 1.82) is 0 Å². The fourth-order valence-corrected chi connectivity index (χ4v) is 5.42. The number of aromatic nitrogens is 3. The van der Waals surface area contributed by atoms with Crippen molar-refractivity contribution in [3.63, 3.8) is 0 Å². The maximum absolute atomic E-state index is 13.4. The highest BCUT2D eigenvalue weighted by Gasteiger charge is 2.26. The van der Waals surface area contributed by atoms with E-state index in [1.165, 1.54) is 29.5 Å². The van der Waals surface area contributed by atoms with Crippen molar-refractivity contribution in [2.24, 2.45) is 0 Å². The van der Waals surface area contributed by atoms with Crippen LogP contribution >= 0.6 is 11.8 Å². The second-order valence-corrected chi connectivity index (χ2v) is 10.8. The van der Waals surface area contributed by atoms with Gasteiger partial charge >= 0.3 is 0 Å². The number of carbonyl (C=O) groups excluding carboxylic acids is 1. The molecule has 0 bridgehead atoms. The molecule has 0 aliphatic carbocycles. The van der Waals surface area contributed by atoms with Crippen LogP contribution in [-0.2, 0) is 12.2 Å². The van der Waals surface area contributed by atoms with Gasteiger partial charge in [-0.3, -0.25) is 19.5 Å². The summed E-state index contributed by atoms with van der Waals surface area (Å²) in [6.07, 6.45) is 0.478. The predicted molar refractivity (Wildman–Crippen MR) is 160 cm³/mol. The number of nitro benzene ring substituents is 1. The van der Waals surface area contributed by atoms with Gasteiger partial charge in [0.1, 0.15) is 0 Å². The number of non-ortho nitro benzene ring substituents is 1. The summed E-state index contributed by atoms with van der Waals surface area (Å²) < 4.78 is 1.88. The molecule has 5 aromatic rings. The minimum Gasteiger partial charge on any atom is -0.342 e. The van der Waals surface area contributed by atoms with Crippen LogP contribution in [0.15, 0.2) is 108 Å². The van der Waals surface area contributed by atoms with Crippen molar-refractivity contribution in [2.45, 2.75) is 37.2 Å². The highest BCUT2D eigenvalue weighted by atomic mass is 32.2. The standard InChI is InChI=1S/C32H29N5O3S/c1-22-11-13-26(14-12-22)31(38)33-29(20-24-8-4-3-5-9-24)30-34-35-32(41-21-25-10-6-7-23(2)19-25)36(30)27-15-17-28(18-16-27)37(39)40/h3-19,29H,20-21H2,1-2H3,(H,33,38). The Morgan fingerprint density at radius 2 is 1.59 bits per heavy atom. The van der Waals surface area contributed by atoms with Gasteiger partial charge in [-0.2, -0.15) is 0 Å². The normalized spacial score (nSPS) is 11.7. The molecule has 0 radical (unpaired) electrons. The third kappa shape index (κ3) is 6.88. The molecule has 0 aliphatic heterocycles. The van der Waals surface area contributed by atoms with Crippen LogP contribution in [0.1, 0.15) is 44.5 Å². The number of nitrogens with one attached hydrogen (secondary N) is 1. The molecule has 0 saturated carbocycles. The first kappa shape index (κ1) is 27.8. The summed E-state index contributed by atoms with van der Waals surface area (Å²) in [5.41, 5.74) is 5.61. The summed E-state index contributed by atoms with van der Waals surface area (Å²) in [7, 11) is 0. The molecule has 8 nitrogen and oxygen atoms in total. The minimum atomic E-state index is -0.526. The maximum Gasteiger partial charge on any atom is 0.269 e. The highest BCUT2D eigenvalue weighted by molar-refractivity contribution is 7.98. The number of hydrogen-bond acceptors (Lipinski definition) is 6. The van der Waals surface area contributed by atoms with E-state index in [1.54, 1.807) is 24.3 Å². The summed E-state index contributed by atoms with van der Waals surface area (Å²) in [6, 6.07) is 31.3. The minimum absolute atomic E-state index is 0.00847. The van der Waals surface area contributed by atoms with Gasteiger partial charge in [-0.25, -0.2) is 0 Å². The summed E-state index contributed by atoms with van der Waals surface area (Å²) in [5.74, 6) is 0.972. The van der Waals surface area contributed by atoms with Gasteiger partial charge < -0.3 is 5.32 Å². The monoisotopic (exact) mass is 563 g/mol. The molecule has 5 rings (SSSR count). The number of carbonyl (C=O) groups is 1. The van der Waals surface area contributed by atoms with Gasteiger partial charge in [-0.05, 0) is 55.7 Å². The summed E-state index contributed by atoms with van der Waals surface area (Å²) in [5, 5.41) is 24.2. The Balaban J connectivity index is 1.55. The Morgan fingerprint density at radius 3 is 2.27 bits per heavy atom. The lowest BCUT2D eigenvalue weighted by Crippen LogP contribution is -2.32. The quantitative estimate of drug-likeness (QED) is 0.114. The van der Waals surface area contributed by atoms with Crippen molar-refractivity contribution in [2.75, 3.05) is 0 Å². The second kappa shape index (κ2) is 12.6. The van der Waals surface area contributed by atoms with E-state index < -0.39 is 11.0 Å². The largest absolute Gasteiger partial charge is 0.342 e. The molecule has 206 valence electrons. The average Bonchev–Trinajstić information content (AvgIpc) is 3.40. The number of nitro groups is 1. The van der Waals surface area contributed by atoms with E-state index in [1.807, 2.05) is 60.0 Å². The van der Waals surface area contributed by atoms with Gasteiger partial charge in [-0.15, -0.1) is 10.2 Å². The zero-order valence-corrected chi connectivity index (χ0v) is 23.5. The first-order valence-corrected chi connectivity index (χ1v) is 14.2. The smallest absolute Gasteiger partial charge is 0.269 e. The molecular formula is C32H29N5O3S. The Kier molecular flexibility index (Phi) is 8.55. The molecule has 0 spiro atoms. The molecule has 0 aliphatic rings. The van der Waals surface area contributed by atoms with E-state index in [0.29, 0.717) is 34.4 Å². The Labute approximate surface area is 242 Å². The molecule has 1 heterocycles. The van der Waals surface area contributed by atoms with Crippen LogP contribution in [0, 0.1) is 24.0 Å². The molecule has 41 heavy (non-hydrogen) atoms. The van der Waals surface area contributed by atoms with Crippen LogP contribution in [0.2, 0.25) is 0 Å².